The predicted molar refractivity (Wildman–Crippen MR) is 134 cm³/mol. The zero-order chi connectivity index (χ0) is 23.3. The Morgan fingerprint density at radius 3 is 2.72 bits per heavy atom. The van der Waals surface area contributed by atoms with Crippen molar-refractivity contribution in [2.45, 2.75) is 53.1 Å². The van der Waals surface area contributed by atoms with Crippen molar-refractivity contribution in [2.75, 3.05) is 6.61 Å². The van der Waals surface area contributed by atoms with Crippen molar-refractivity contribution < 1.29 is 9.47 Å². The first-order valence-corrected chi connectivity index (χ1v) is 11.9. The highest BCUT2D eigenvalue weighted by Crippen LogP contribution is 2.37. The summed E-state index contributed by atoms with van der Waals surface area (Å²) in [5.74, 6) is 1.67. The predicted octanol–water partition coefficient (Wildman–Crippen LogP) is 6.22. The highest BCUT2D eigenvalue weighted by Gasteiger charge is 2.15. The molecule has 6 nitrogen and oxygen atoms in total. The van der Waals surface area contributed by atoms with Crippen LogP contribution in [-0.2, 0) is 6.42 Å². The normalized spacial score (nSPS) is 12.4. The molecule has 1 atom stereocenters. The average Bonchev–Trinajstić information content (AvgIpc) is 2.76. The molecular weight excluding hydrogens is 494 g/mol. The van der Waals surface area contributed by atoms with Gasteiger partial charge >= 0.3 is 0 Å². The third-order valence-corrected chi connectivity index (χ3v) is 5.67. The van der Waals surface area contributed by atoms with Gasteiger partial charge in [-0.2, -0.15) is 9.78 Å². The van der Waals surface area contributed by atoms with E-state index in [1.807, 2.05) is 45.9 Å². The lowest BCUT2D eigenvalue weighted by Gasteiger charge is -2.18. The van der Waals surface area contributed by atoms with Crippen molar-refractivity contribution in [3.8, 4) is 11.5 Å². The van der Waals surface area contributed by atoms with Crippen molar-refractivity contribution in [1.29, 1.82) is 0 Å². The zero-order valence-electron chi connectivity index (χ0n) is 18.7. The number of hydrogen-bond donors (Lipinski definition) is 0. The second kappa shape index (κ2) is 11.0. The molecule has 0 saturated heterocycles. The van der Waals surface area contributed by atoms with Crippen LogP contribution in [0.3, 0.4) is 0 Å². The third kappa shape index (κ3) is 5.51. The number of aromatic nitrogens is 2. The lowest BCUT2D eigenvalue weighted by atomic mass is 10.2. The van der Waals surface area contributed by atoms with E-state index in [0.29, 0.717) is 51.8 Å². The Bertz CT molecular complexity index is 1190. The minimum absolute atomic E-state index is 0.00407. The van der Waals surface area contributed by atoms with E-state index >= 15 is 0 Å². The molecule has 8 heteroatoms. The quantitative estimate of drug-likeness (QED) is 0.314. The molecule has 0 fully saturated rings. The van der Waals surface area contributed by atoms with Gasteiger partial charge in [-0.3, -0.25) is 4.79 Å². The number of nitrogens with zero attached hydrogens (tertiary/aromatic N) is 3. The number of fused-ring (bicyclic) bond motifs is 1. The Labute approximate surface area is 201 Å². The van der Waals surface area contributed by atoms with Crippen LogP contribution in [0, 0.1) is 0 Å². The molecule has 1 aromatic heterocycles. The molecule has 0 aliphatic heterocycles. The summed E-state index contributed by atoms with van der Waals surface area (Å²) < 4.78 is 13.9. The maximum atomic E-state index is 13.2. The third-order valence-electron chi connectivity index (χ3n) is 4.90. The topological polar surface area (TPSA) is 65.7 Å². The zero-order valence-corrected chi connectivity index (χ0v) is 21.0. The van der Waals surface area contributed by atoms with Gasteiger partial charge in [0.05, 0.1) is 34.9 Å². The van der Waals surface area contributed by atoms with Crippen LogP contribution in [0.4, 0.5) is 0 Å². The molecule has 0 aliphatic carbocycles. The summed E-state index contributed by atoms with van der Waals surface area (Å²) >= 11 is 9.93. The SMILES string of the molecule is CCCc1nc2ccc(Br)cc2c(=O)n1N=Cc1cc(Cl)c(O[C@H](C)CC)c(OCC)c1. The molecule has 0 saturated carbocycles. The molecule has 0 N–H and O–H groups in total. The number of benzene rings is 2. The summed E-state index contributed by atoms with van der Waals surface area (Å²) in [5, 5.41) is 5.40. The van der Waals surface area contributed by atoms with E-state index in [2.05, 4.69) is 26.0 Å². The molecule has 0 amide bonds. The maximum Gasteiger partial charge on any atom is 0.282 e. The van der Waals surface area contributed by atoms with Crippen LogP contribution in [-0.4, -0.2) is 28.6 Å². The average molecular weight is 521 g/mol. The Hall–Kier alpha value is -2.38. The van der Waals surface area contributed by atoms with Crippen LogP contribution in [0.5, 0.6) is 11.5 Å². The van der Waals surface area contributed by atoms with Crippen molar-refractivity contribution in [3.63, 3.8) is 0 Å². The summed E-state index contributed by atoms with van der Waals surface area (Å²) in [4.78, 5) is 17.8. The van der Waals surface area contributed by atoms with Gasteiger partial charge in [0.1, 0.15) is 5.82 Å². The molecule has 0 bridgehead atoms. The summed E-state index contributed by atoms with van der Waals surface area (Å²) in [6.45, 7) is 8.43. The van der Waals surface area contributed by atoms with Gasteiger partial charge in [0.15, 0.2) is 11.5 Å². The van der Waals surface area contributed by atoms with Crippen molar-refractivity contribution in [3.05, 3.63) is 61.6 Å². The summed E-state index contributed by atoms with van der Waals surface area (Å²) in [5.41, 5.74) is 1.13. The van der Waals surface area contributed by atoms with Crippen molar-refractivity contribution in [1.82, 2.24) is 9.66 Å². The van der Waals surface area contributed by atoms with E-state index in [1.54, 1.807) is 18.3 Å². The fourth-order valence-electron chi connectivity index (χ4n) is 3.15. The molecule has 32 heavy (non-hydrogen) atoms. The second-order valence-corrected chi connectivity index (χ2v) is 8.72. The minimum Gasteiger partial charge on any atom is -0.490 e. The van der Waals surface area contributed by atoms with Crippen LogP contribution < -0.4 is 15.0 Å². The van der Waals surface area contributed by atoms with Crippen LogP contribution >= 0.6 is 27.5 Å². The fourth-order valence-corrected chi connectivity index (χ4v) is 3.77. The monoisotopic (exact) mass is 519 g/mol. The van der Waals surface area contributed by atoms with Gasteiger partial charge in [0, 0.05) is 10.9 Å². The minimum atomic E-state index is -0.219. The maximum absolute atomic E-state index is 13.2. The van der Waals surface area contributed by atoms with E-state index in [1.165, 1.54) is 4.68 Å². The molecule has 0 radical (unpaired) electrons. The molecular formula is C24H27BrClN3O3. The van der Waals surface area contributed by atoms with E-state index in [4.69, 9.17) is 21.1 Å². The number of hydrogen-bond acceptors (Lipinski definition) is 5. The molecule has 170 valence electrons. The van der Waals surface area contributed by atoms with Gasteiger partial charge in [-0.15, -0.1) is 0 Å². The van der Waals surface area contributed by atoms with Crippen LogP contribution in [0.1, 0.15) is 51.9 Å². The molecule has 0 spiro atoms. The Kier molecular flexibility index (Phi) is 8.32. The van der Waals surface area contributed by atoms with Gasteiger partial charge in [-0.25, -0.2) is 4.98 Å². The first kappa shape index (κ1) is 24.3. The Morgan fingerprint density at radius 1 is 1.25 bits per heavy atom. The fraction of sp³-hybridized carbons (Fsp3) is 0.375. The van der Waals surface area contributed by atoms with E-state index < -0.39 is 0 Å². The van der Waals surface area contributed by atoms with Crippen molar-refractivity contribution >= 4 is 44.6 Å². The molecule has 2 aromatic carbocycles. The van der Waals surface area contributed by atoms with Crippen LogP contribution in [0.25, 0.3) is 10.9 Å². The summed E-state index contributed by atoms with van der Waals surface area (Å²) in [6.07, 6.45) is 3.91. The molecule has 1 heterocycles. The Morgan fingerprint density at radius 2 is 2.03 bits per heavy atom. The van der Waals surface area contributed by atoms with Gasteiger partial charge in [-0.05, 0) is 62.6 Å². The summed E-state index contributed by atoms with van der Waals surface area (Å²) in [7, 11) is 0. The Balaban J connectivity index is 2.07. The first-order chi connectivity index (χ1) is 15.4. The number of aryl methyl sites for hydroxylation is 1. The molecule has 0 aliphatic rings. The van der Waals surface area contributed by atoms with Gasteiger partial charge in [0.2, 0.25) is 0 Å². The standard InChI is InChI=1S/C24H27BrClN3O3/c1-5-8-22-28-20-10-9-17(25)13-18(20)24(30)29(22)27-14-16-11-19(26)23(32-15(4)6-2)21(12-16)31-7-3/h9-15H,5-8H2,1-4H3/t15-/m1/s1. The number of halogens is 2. The van der Waals surface area contributed by atoms with E-state index in [9.17, 15) is 4.79 Å². The first-order valence-electron chi connectivity index (χ1n) is 10.8. The number of rotatable bonds is 9. The second-order valence-electron chi connectivity index (χ2n) is 7.40. The highest BCUT2D eigenvalue weighted by molar-refractivity contribution is 9.10. The summed E-state index contributed by atoms with van der Waals surface area (Å²) in [6, 6.07) is 9.03. The lowest BCUT2D eigenvalue weighted by Crippen LogP contribution is -2.22. The van der Waals surface area contributed by atoms with Crippen LogP contribution in [0.15, 0.2) is 44.7 Å². The highest BCUT2D eigenvalue weighted by atomic mass is 79.9. The largest absolute Gasteiger partial charge is 0.490 e. The van der Waals surface area contributed by atoms with E-state index in [0.717, 1.165) is 17.3 Å². The smallest absolute Gasteiger partial charge is 0.282 e. The van der Waals surface area contributed by atoms with Gasteiger partial charge in [0.25, 0.3) is 5.56 Å². The lowest BCUT2D eigenvalue weighted by molar-refractivity contribution is 0.203. The molecule has 3 aromatic rings. The van der Waals surface area contributed by atoms with Gasteiger partial charge in [-0.1, -0.05) is 41.4 Å². The van der Waals surface area contributed by atoms with E-state index in [-0.39, 0.29) is 11.7 Å². The van der Waals surface area contributed by atoms with Gasteiger partial charge < -0.3 is 9.47 Å². The van der Waals surface area contributed by atoms with Crippen molar-refractivity contribution in [2.24, 2.45) is 5.10 Å². The number of ether oxygens (including phenoxy) is 2. The van der Waals surface area contributed by atoms with Crippen LogP contribution in [0.2, 0.25) is 5.02 Å². The molecule has 3 rings (SSSR count). The molecule has 0 unspecified atom stereocenters.